The number of rotatable bonds is 19. The lowest BCUT2D eigenvalue weighted by molar-refractivity contribution is 0.0591. The van der Waals surface area contributed by atoms with Crippen molar-refractivity contribution < 1.29 is 71.7 Å². The number of piperidine rings is 3. The Kier molecular flexibility index (Phi) is 40.5. The van der Waals surface area contributed by atoms with Gasteiger partial charge in [0.2, 0.25) is 5.95 Å². The lowest BCUT2D eigenvalue weighted by atomic mass is 9.90. The molecule has 0 unspecified atom stereocenters. The molecule has 7 heterocycles. The molecule has 24 nitrogen and oxygen atoms in total. The molecule has 14 rings (SSSR count). The van der Waals surface area contributed by atoms with Crippen molar-refractivity contribution in [3.63, 3.8) is 0 Å². The van der Waals surface area contributed by atoms with E-state index in [0.717, 1.165) is 128 Å². The van der Waals surface area contributed by atoms with E-state index < -0.39 is 11.9 Å². The van der Waals surface area contributed by atoms with Gasteiger partial charge in [-0.05, 0) is 253 Å². The number of carboxylic acids is 1. The Hall–Kier alpha value is -11.3. The minimum Gasteiger partial charge on any atom is -0.495 e. The first-order chi connectivity index (χ1) is 55.2. The first-order valence-corrected chi connectivity index (χ1v) is 38.6. The number of H-pyrrole nitrogens is 1. The maximum Gasteiger partial charge on any atom is 0.337 e. The van der Waals surface area contributed by atoms with E-state index in [1.54, 1.807) is 92.2 Å². The van der Waals surface area contributed by atoms with E-state index in [1.165, 1.54) is 91.7 Å². The van der Waals surface area contributed by atoms with Crippen molar-refractivity contribution in [2.45, 2.75) is 92.4 Å². The summed E-state index contributed by atoms with van der Waals surface area (Å²) in [4.78, 5) is 69.5. The Labute approximate surface area is 690 Å². The first-order valence-electron chi connectivity index (χ1n) is 37.9. The van der Waals surface area contributed by atoms with Gasteiger partial charge in [-0.2, -0.15) is 4.39 Å². The number of hydrogen-bond donors (Lipinski definition) is 6. The molecule has 27 heteroatoms. The Morgan fingerprint density at radius 2 is 0.905 bits per heavy atom. The second-order valence-electron chi connectivity index (χ2n) is 27.4. The minimum atomic E-state index is -0.932. The van der Waals surface area contributed by atoms with Crippen LogP contribution in [0.2, 0.25) is 10.0 Å². The van der Waals surface area contributed by atoms with E-state index in [1.807, 2.05) is 92.0 Å². The van der Waals surface area contributed by atoms with Gasteiger partial charge in [-0.25, -0.2) is 39.1 Å². The Morgan fingerprint density at radius 1 is 0.483 bits per heavy atom. The third-order valence-corrected chi connectivity index (χ3v) is 19.8. The van der Waals surface area contributed by atoms with E-state index in [0.29, 0.717) is 93.1 Å². The molecule has 0 amide bonds. The van der Waals surface area contributed by atoms with Gasteiger partial charge in [0.25, 0.3) is 0 Å². The number of aromatic nitrogens is 5. The number of ether oxygens (including phenoxy) is 8. The number of carbonyl (C=O) groups is 4. The molecule has 1 aliphatic carbocycles. The molecule has 8 N–H and O–H groups in total. The molecule has 4 fully saturated rings. The van der Waals surface area contributed by atoms with Gasteiger partial charge >= 0.3 is 23.9 Å². The van der Waals surface area contributed by atoms with Crippen molar-refractivity contribution in [1.29, 1.82) is 0 Å². The molecular formula is C89H111Cl2FN10O14. The van der Waals surface area contributed by atoms with Gasteiger partial charge in [-0.3, -0.25) is 0 Å². The predicted octanol–water partition coefficient (Wildman–Crippen LogP) is 17.6. The number of imidazole rings is 1. The fourth-order valence-corrected chi connectivity index (χ4v) is 12.7. The van der Waals surface area contributed by atoms with Gasteiger partial charge in [0.1, 0.15) is 46.2 Å². The van der Waals surface area contributed by atoms with E-state index in [2.05, 4.69) is 49.5 Å². The van der Waals surface area contributed by atoms with Crippen LogP contribution in [0, 0.1) is 36.5 Å². The SMILES string of the molecule is C.C.COC(=O)c1ccc(C)cc1.COC(=O)c1ccc(OCC2CCN(c3ccc(OC)cn3)CC2)cc1.COC(=O)c1ccc(OCC2CCNCC2)cc1.COc1ccc(F)nc1.Nc1ccc(Cl)cc1N.O=C(O)c1ccc(OCC2CCN(c3ccc(-c4nc5ccc(Cl)cc5[nH]4)cn3)CC2)cc1.OCC1CCCCC1. The minimum absolute atomic E-state index is 0. The molecule has 0 spiro atoms. The molecular weight excluding hydrogens is 1520 g/mol. The monoisotopic (exact) mass is 1630 g/mol. The smallest absolute Gasteiger partial charge is 0.337 e. The molecule has 3 aliphatic heterocycles. The van der Waals surface area contributed by atoms with Crippen molar-refractivity contribution in [3.05, 3.63) is 232 Å². The third-order valence-electron chi connectivity index (χ3n) is 19.3. The Bertz CT molecular complexity index is 4510. The molecule has 10 aromatic rings. The van der Waals surface area contributed by atoms with Gasteiger partial charge in [-0.15, -0.1) is 0 Å². The number of esters is 3. The van der Waals surface area contributed by atoms with Gasteiger partial charge < -0.3 is 79.7 Å². The number of anilines is 4. The summed E-state index contributed by atoms with van der Waals surface area (Å²) in [5, 5.41) is 22.3. The van der Waals surface area contributed by atoms with Gasteiger partial charge in [0, 0.05) is 54.6 Å². The lowest BCUT2D eigenvalue weighted by Gasteiger charge is -2.32. The molecule has 622 valence electrons. The zero-order chi connectivity index (χ0) is 81.6. The number of carboxylic acid groups (broad SMARTS) is 1. The second-order valence-corrected chi connectivity index (χ2v) is 28.3. The Morgan fingerprint density at radius 3 is 1.30 bits per heavy atom. The molecule has 4 aromatic heterocycles. The summed E-state index contributed by atoms with van der Waals surface area (Å²) in [5.74, 6) is 6.23. The number of carbonyl (C=O) groups excluding carboxylic acids is 3. The average Bonchev–Trinajstić information content (AvgIpc) is 1.74. The Balaban J connectivity index is 0.000000224. The zero-order valence-corrected chi connectivity index (χ0v) is 66.8. The third kappa shape index (κ3) is 31.5. The predicted molar refractivity (Wildman–Crippen MR) is 457 cm³/mol. The number of aromatic amines is 1. The summed E-state index contributed by atoms with van der Waals surface area (Å²) in [6.45, 7) is 10.4. The number of fused-ring (bicyclic) bond motifs is 1. The van der Waals surface area contributed by atoms with E-state index in [-0.39, 0.29) is 38.3 Å². The number of aromatic carboxylic acids is 1. The van der Waals surface area contributed by atoms with E-state index in [9.17, 15) is 23.6 Å². The number of halogens is 3. The standard InChI is InChI=1S/C25H23ClN4O3.C20H24N2O4.C14H19NO3.C9H10O2.C7H14O.C6H7ClN2.C6H6FNO.2CH4/c26-19-4-7-21-22(13-19)29-24(28-21)18-3-8-23(27-14-18)30-11-9-16(10-12-30)15-33-20-5-1-17(2-6-20)25(31)32;1-24-18-7-8-19(21-13-18)22-11-9-15(10-12-22)14-26-17-5-3-16(4-6-17)20(23)25-2;1-17-14(16)12-2-4-13(5-3-12)18-10-11-6-8-15-9-7-11;1-7-3-5-8(6-4-7)9(10)11-2;8-6-7-4-2-1-3-5-7;7-4-1-2-5(8)6(9)3-4;1-9-5-2-3-6(7)8-4-5;;/h1-8,13-14,16H,9-12,15H2,(H,28,29)(H,31,32);3-8,13,15H,9-12,14H2,1-2H3;2-5,11,15H,6-10H2,1H3;3-6H,1-2H3;7-8H,1-6H2;1-3H,8-9H2;2-4H,1H3;2*1H4. The highest BCUT2D eigenvalue weighted by Crippen LogP contribution is 2.30. The number of nitrogens with two attached hydrogens (primary N) is 2. The second kappa shape index (κ2) is 50.2. The highest BCUT2D eigenvalue weighted by Gasteiger charge is 2.24. The average molecular weight is 1630 g/mol. The summed E-state index contributed by atoms with van der Waals surface area (Å²) >= 11 is 11.6. The quantitative estimate of drug-likeness (QED) is 0.0190. The number of aryl methyl sites for hydroxylation is 1. The van der Waals surface area contributed by atoms with Crippen LogP contribution in [0.3, 0.4) is 0 Å². The van der Waals surface area contributed by atoms with Crippen LogP contribution in [0.25, 0.3) is 22.4 Å². The summed E-state index contributed by atoms with van der Waals surface area (Å²) in [5.41, 5.74) is 17.7. The van der Waals surface area contributed by atoms with Crippen LogP contribution in [-0.2, 0) is 14.2 Å². The zero-order valence-electron chi connectivity index (χ0n) is 65.3. The summed E-state index contributed by atoms with van der Waals surface area (Å²) < 4.78 is 53.3. The molecule has 116 heavy (non-hydrogen) atoms. The topological polar surface area (TPSA) is 320 Å². The van der Waals surface area contributed by atoms with Crippen LogP contribution in [-0.4, -0.2) is 160 Å². The van der Waals surface area contributed by atoms with Crippen LogP contribution < -0.4 is 50.3 Å². The summed E-state index contributed by atoms with van der Waals surface area (Å²) in [6, 6.07) is 49.3. The van der Waals surface area contributed by atoms with Crippen molar-refractivity contribution in [3.8, 4) is 40.1 Å². The number of aliphatic hydroxyl groups is 1. The highest BCUT2D eigenvalue weighted by atomic mass is 35.5. The molecule has 1 saturated carbocycles. The van der Waals surface area contributed by atoms with E-state index in [4.69, 9.17) is 73.3 Å². The first kappa shape index (κ1) is 93.6. The van der Waals surface area contributed by atoms with Crippen molar-refractivity contribution in [2.24, 2.45) is 23.7 Å². The van der Waals surface area contributed by atoms with Crippen molar-refractivity contribution in [2.75, 3.05) is 123 Å². The maximum atomic E-state index is 12.1. The normalized spacial score (nSPS) is 13.9. The number of pyridine rings is 3. The highest BCUT2D eigenvalue weighted by molar-refractivity contribution is 6.31. The summed E-state index contributed by atoms with van der Waals surface area (Å²) in [6.07, 6.45) is 18.0. The van der Waals surface area contributed by atoms with E-state index >= 15 is 0 Å². The fourth-order valence-electron chi connectivity index (χ4n) is 12.4. The van der Waals surface area contributed by atoms with Crippen LogP contribution in [0.5, 0.6) is 28.7 Å². The number of methoxy groups -OCH3 is 5. The number of nitrogens with zero attached hydrogens (tertiary/aromatic N) is 6. The van der Waals surface area contributed by atoms with Crippen molar-refractivity contribution >= 4 is 81.1 Å². The molecule has 4 aliphatic rings. The number of benzene rings is 6. The fraction of sp³-hybridized carbons (Fsp3) is 0.371. The van der Waals surface area contributed by atoms with Crippen molar-refractivity contribution in [1.82, 2.24) is 30.2 Å². The number of nitrogen functional groups attached to an aromatic ring is 2. The number of aliphatic hydroxyl groups excluding tert-OH is 1. The summed E-state index contributed by atoms with van der Waals surface area (Å²) in [7, 11) is 7.28. The molecule has 0 radical (unpaired) electrons. The molecule has 6 aromatic carbocycles. The molecule has 0 bridgehead atoms. The van der Waals surface area contributed by atoms with Gasteiger partial charge in [-0.1, -0.05) is 75.0 Å². The largest absolute Gasteiger partial charge is 0.495 e. The molecule has 0 atom stereocenters. The van der Waals surface area contributed by atoms with Gasteiger partial charge in [0.05, 0.1) is 112 Å². The van der Waals surface area contributed by atoms with Crippen LogP contribution in [0.4, 0.5) is 27.4 Å². The number of hydrogen-bond acceptors (Lipinski definition) is 22. The van der Waals surface area contributed by atoms with Crippen LogP contribution in [0.1, 0.15) is 132 Å². The maximum absolute atomic E-state index is 12.1. The number of nitrogens with one attached hydrogen (secondary N) is 2. The molecule has 3 saturated heterocycles. The van der Waals surface area contributed by atoms with Crippen LogP contribution in [0.15, 0.2) is 188 Å². The van der Waals surface area contributed by atoms with Gasteiger partial charge in [0.15, 0.2) is 0 Å². The lowest BCUT2D eigenvalue weighted by Crippen LogP contribution is -2.36. The van der Waals surface area contributed by atoms with Crippen LogP contribution >= 0.6 is 23.2 Å².